The minimum Gasteiger partial charge on any atom is -0.373 e. The number of unbranched alkanes of at least 4 members (excludes halogenated alkanes) is 1. The van der Waals surface area contributed by atoms with Gasteiger partial charge in [-0.2, -0.15) is 0 Å². The third kappa shape index (κ3) is 6.95. The lowest BCUT2D eigenvalue weighted by atomic mass is 9.86. The molecule has 0 heterocycles. The van der Waals surface area contributed by atoms with Gasteiger partial charge in [-0.3, -0.25) is 0 Å². The summed E-state index contributed by atoms with van der Waals surface area (Å²) in [5.74, 6) is 1.11. The van der Waals surface area contributed by atoms with Crippen LogP contribution in [0.25, 0.3) is 0 Å². The second-order valence-electron chi connectivity index (χ2n) is 6.54. The Morgan fingerprint density at radius 3 is 2.33 bits per heavy atom. The van der Waals surface area contributed by atoms with E-state index in [4.69, 9.17) is 4.74 Å². The molecule has 0 radical (unpaired) electrons. The second kappa shape index (κ2) is 9.78. The average molecular weight is 288 g/mol. The molecule has 0 saturated carbocycles. The van der Waals surface area contributed by atoms with Crippen LogP contribution in [0.3, 0.4) is 0 Å². The molecular weight excluding hydrogens is 256 g/mol. The van der Waals surface area contributed by atoms with E-state index in [9.17, 15) is 0 Å². The predicted molar refractivity (Wildman–Crippen MR) is 92.3 cm³/mol. The topological polar surface area (TPSA) is 9.23 Å². The molecule has 1 aromatic carbocycles. The molecule has 1 heteroatoms. The predicted octanol–water partition coefficient (Wildman–Crippen LogP) is 6.00. The van der Waals surface area contributed by atoms with Gasteiger partial charge >= 0.3 is 0 Å². The van der Waals surface area contributed by atoms with E-state index < -0.39 is 0 Å². The zero-order valence-corrected chi connectivity index (χ0v) is 14.4. The summed E-state index contributed by atoms with van der Waals surface area (Å²) in [7, 11) is 0. The Balaban J connectivity index is 2.75. The Labute approximate surface area is 131 Å². The standard InChI is InChI=1S/C20H32O/c1-6-7-13-20(19(17(4)5)14-16(2)3)21-15-18-11-9-8-10-12-18/h8-12,14,17,19-20H,6-7,13,15H2,1-5H3/t19-,20-/m0/s1. The Kier molecular flexibility index (Phi) is 8.37. The average Bonchev–Trinajstić information content (AvgIpc) is 2.46. The quantitative estimate of drug-likeness (QED) is 0.506. The van der Waals surface area contributed by atoms with E-state index in [1.807, 2.05) is 0 Å². The van der Waals surface area contributed by atoms with Crippen molar-refractivity contribution in [2.75, 3.05) is 0 Å². The molecule has 0 fully saturated rings. The van der Waals surface area contributed by atoms with Gasteiger partial charge in [0.2, 0.25) is 0 Å². The first-order valence-electron chi connectivity index (χ1n) is 8.35. The van der Waals surface area contributed by atoms with Crippen LogP contribution >= 0.6 is 0 Å². The first-order valence-corrected chi connectivity index (χ1v) is 8.35. The summed E-state index contributed by atoms with van der Waals surface area (Å²) in [6, 6.07) is 10.5. The normalized spacial score (nSPS) is 14.0. The van der Waals surface area contributed by atoms with Crippen molar-refractivity contribution in [1.29, 1.82) is 0 Å². The van der Waals surface area contributed by atoms with Crippen LogP contribution in [0.5, 0.6) is 0 Å². The van der Waals surface area contributed by atoms with Crippen molar-refractivity contribution in [3.63, 3.8) is 0 Å². The third-order valence-electron chi connectivity index (χ3n) is 3.87. The maximum Gasteiger partial charge on any atom is 0.0720 e. The van der Waals surface area contributed by atoms with Crippen LogP contribution < -0.4 is 0 Å². The molecule has 1 aromatic rings. The van der Waals surface area contributed by atoms with E-state index in [2.05, 4.69) is 71.0 Å². The SMILES string of the molecule is CCCC[C@H](OCc1ccccc1)[C@@H](C=C(C)C)C(C)C. The number of hydrogen-bond donors (Lipinski definition) is 0. The van der Waals surface area contributed by atoms with Gasteiger partial charge in [0.25, 0.3) is 0 Å². The highest BCUT2D eigenvalue weighted by Crippen LogP contribution is 2.26. The van der Waals surface area contributed by atoms with Crippen molar-refractivity contribution >= 4 is 0 Å². The molecule has 0 aliphatic rings. The van der Waals surface area contributed by atoms with E-state index in [1.54, 1.807) is 0 Å². The highest BCUT2D eigenvalue weighted by atomic mass is 16.5. The van der Waals surface area contributed by atoms with Gasteiger partial charge in [0, 0.05) is 5.92 Å². The van der Waals surface area contributed by atoms with Gasteiger partial charge < -0.3 is 4.74 Å². The monoisotopic (exact) mass is 288 g/mol. The van der Waals surface area contributed by atoms with Crippen molar-refractivity contribution in [3.8, 4) is 0 Å². The number of allylic oxidation sites excluding steroid dienone is 1. The van der Waals surface area contributed by atoms with Gasteiger partial charge in [0.1, 0.15) is 0 Å². The molecular formula is C20H32O. The minimum absolute atomic E-state index is 0.319. The maximum atomic E-state index is 6.31. The molecule has 1 rings (SSSR count). The molecule has 0 amide bonds. The largest absolute Gasteiger partial charge is 0.373 e. The molecule has 118 valence electrons. The van der Waals surface area contributed by atoms with Crippen LogP contribution in [0.1, 0.15) is 59.4 Å². The number of benzene rings is 1. The zero-order valence-electron chi connectivity index (χ0n) is 14.4. The summed E-state index contributed by atoms with van der Waals surface area (Å²) in [6.07, 6.45) is 6.33. The molecule has 0 aliphatic carbocycles. The molecule has 0 N–H and O–H groups in total. The fraction of sp³-hybridized carbons (Fsp3) is 0.600. The van der Waals surface area contributed by atoms with Crippen LogP contribution in [0.15, 0.2) is 42.0 Å². The van der Waals surface area contributed by atoms with Crippen molar-refractivity contribution in [2.24, 2.45) is 11.8 Å². The lowest BCUT2D eigenvalue weighted by Gasteiger charge is -2.29. The van der Waals surface area contributed by atoms with Crippen LogP contribution in [-0.4, -0.2) is 6.10 Å². The maximum absolute atomic E-state index is 6.31. The Morgan fingerprint density at radius 2 is 1.81 bits per heavy atom. The minimum atomic E-state index is 0.319. The van der Waals surface area contributed by atoms with Crippen molar-refractivity contribution in [1.82, 2.24) is 0 Å². The molecule has 2 atom stereocenters. The summed E-state index contributed by atoms with van der Waals surface area (Å²) < 4.78 is 6.31. The molecule has 0 saturated heterocycles. The fourth-order valence-corrected chi connectivity index (χ4v) is 2.68. The van der Waals surface area contributed by atoms with E-state index in [1.165, 1.54) is 24.0 Å². The highest BCUT2D eigenvalue weighted by Gasteiger charge is 2.23. The number of hydrogen-bond acceptors (Lipinski definition) is 1. The highest BCUT2D eigenvalue weighted by molar-refractivity contribution is 5.13. The summed E-state index contributed by atoms with van der Waals surface area (Å²) in [5, 5.41) is 0. The molecule has 0 bridgehead atoms. The lowest BCUT2D eigenvalue weighted by molar-refractivity contribution is -0.00482. The molecule has 21 heavy (non-hydrogen) atoms. The third-order valence-corrected chi connectivity index (χ3v) is 3.87. The first kappa shape index (κ1) is 18.0. The lowest BCUT2D eigenvalue weighted by Crippen LogP contribution is -2.27. The van der Waals surface area contributed by atoms with Crippen LogP contribution in [0, 0.1) is 11.8 Å². The van der Waals surface area contributed by atoms with Crippen LogP contribution in [-0.2, 0) is 11.3 Å². The first-order chi connectivity index (χ1) is 10.0. The number of rotatable bonds is 9. The molecule has 0 aromatic heterocycles. The van der Waals surface area contributed by atoms with Gasteiger partial charge in [0.05, 0.1) is 12.7 Å². The molecule has 0 spiro atoms. The van der Waals surface area contributed by atoms with E-state index >= 15 is 0 Å². The van der Waals surface area contributed by atoms with Gasteiger partial charge in [-0.05, 0) is 31.7 Å². The Bertz CT molecular complexity index is 401. The number of ether oxygens (including phenoxy) is 1. The zero-order chi connectivity index (χ0) is 15.7. The summed E-state index contributed by atoms with van der Waals surface area (Å²) in [4.78, 5) is 0. The van der Waals surface area contributed by atoms with Crippen molar-refractivity contribution < 1.29 is 4.74 Å². The van der Waals surface area contributed by atoms with Crippen LogP contribution in [0.2, 0.25) is 0 Å². The van der Waals surface area contributed by atoms with Gasteiger partial charge in [-0.1, -0.05) is 75.6 Å². The Hall–Kier alpha value is -1.08. The summed E-state index contributed by atoms with van der Waals surface area (Å²) in [6.45, 7) is 11.9. The van der Waals surface area contributed by atoms with Gasteiger partial charge in [-0.25, -0.2) is 0 Å². The molecule has 0 unspecified atom stereocenters. The van der Waals surface area contributed by atoms with Crippen molar-refractivity contribution in [2.45, 2.75) is 66.6 Å². The Morgan fingerprint density at radius 1 is 1.14 bits per heavy atom. The van der Waals surface area contributed by atoms with Crippen LogP contribution in [0.4, 0.5) is 0 Å². The van der Waals surface area contributed by atoms with E-state index in [-0.39, 0.29) is 0 Å². The summed E-state index contributed by atoms with van der Waals surface area (Å²) >= 11 is 0. The molecule has 1 nitrogen and oxygen atoms in total. The van der Waals surface area contributed by atoms with Gasteiger partial charge in [-0.15, -0.1) is 0 Å². The van der Waals surface area contributed by atoms with Crippen molar-refractivity contribution in [3.05, 3.63) is 47.5 Å². The smallest absolute Gasteiger partial charge is 0.0720 e. The van der Waals surface area contributed by atoms with E-state index in [0.717, 1.165) is 13.0 Å². The fourth-order valence-electron chi connectivity index (χ4n) is 2.68. The van der Waals surface area contributed by atoms with E-state index in [0.29, 0.717) is 17.9 Å². The molecule has 0 aliphatic heterocycles. The summed E-state index contributed by atoms with van der Waals surface area (Å²) in [5.41, 5.74) is 2.65. The second-order valence-corrected chi connectivity index (χ2v) is 6.54. The van der Waals surface area contributed by atoms with Gasteiger partial charge in [0.15, 0.2) is 0 Å².